The summed E-state index contributed by atoms with van der Waals surface area (Å²) in [7, 11) is 0. The van der Waals surface area contributed by atoms with Crippen molar-refractivity contribution >= 4 is 0 Å². The second-order valence-corrected chi connectivity index (χ2v) is 4.91. The van der Waals surface area contributed by atoms with E-state index in [4.69, 9.17) is 0 Å². The molecule has 0 radical (unpaired) electrons. The van der Waals surface area contributed by atoms with Crippen molar-refractivity contribution in [3.05, 3.63) is 11.1 Å². The average molecular weight is 178 g/mol. The van der Waals surface area contributed by atoms with Crippen molar-refractivity contribution in [2.75, 3.05) is 0 Å². The quantitative estimate of drug-likeness (QED) is 0.565. The molecule has 0 aliphatic heterocycles. The third kappa shape index (κ3) is 1.68. The molecule has 1 saturated carbocycles. The van der Waals surface area contributed by atoms with Gasteiger partial charge in [0, 0.05) is 0 Å². The molecular formula is C13H22. The molecule has 1 fully saturated rings. The van der Waals surface area contributed by atoms with Crippen LogP contribution < -0.4 is 0 Å². The van der Waals surface area contributed by atoms with E-state index in [1.54, 1.807) is 5.57 Å². The van der Waals surface area contributed by atoms with Gasteiger partial charge in [-0.05, 0) is 50.9 Å². The van der Waals surface area contributed by atoms with Crippen molar-refractivity contribution in [1.82, 2.24) is 0 Å². The summed E-state index contributed by atoms with van der Waals surface area (Å²) in [4.78, 5) is 0. The molecule has 0 heteroatoms. The minimum absolute atomic E-state index is 1.02. The Hall–Kier alpha value is -0.260. The molecule has 2 atom stereocenters. The van der Waals surface area contributed by atoms with Crippen LogP contribution in [0.3, 0.4) is 0 Å². The predicted molar refractivity (Wildman–Crippen MR) is 57.7 cm³/mol. The van der Waals surface area contributed by atoms with Gasteiger partial charge >= 0.3 is 0 Å². The Balaban J connectivity index is 1.96. The van der Waals surface area contributed by atoms with Gasteiger partial charge in [-0.25, -0.2) is 0 Å². The summed E-state index contributed by atoms with van der Waals surface area (Å²) < 4.78 is 0. The Morgan fingerprint density at radius 1 is 1.38 bits per heavy atom. The number of hydrogen-bond donors (Lipinski definition) is 0. The van der Waals surface area contributed by atoms with Crippen LogP contribution >= 0.6 is 0 Å². The van der Waals surface area contributed by atoms with Gasteiger partial charge in [-0.15, -0.1) is 0 Å². The van der Waals surface area contributed by atoms with Crippen LogP contribution in [0.15, 0.2) is 11.1 Å². The van der Waals surface area contributed by atoms with Crippen LogP contribution in [0.2, 0.25) is 0 Å². The molecule has 0 bridgehead atoms. The first-order chi connectivity index (χ1) is 6.33. The van der Waals surface area contributed by atoms with Crippen LogP contribution in [0.4, 0.5) is 0 Å². The SMILES string of the molecule is CCCCC1CC(C)=C2CCCC21. The largest absolute Gasteiger partial charge is 0.0735 e. The Bertz CT molecular complexity index is 212. The van der Waals surface area contributed by atoms with Crippen LogP contribution in [-0.2, 0) is 0 Å². The lowest BCUT2D eigenvalue weighted by Crippen LogP contribution is -2.07. The van der Waals surface area contributed by atoms with Crippen LogP contribution in [0.5, 0.6) is 0 Å². The van der Waals surface area contributed by atoms with Gasteiger partial charge in [-0.1, -0.05) is 30.9 Å². The van der Waals surface area contributed by atoms with E-state index in [9.17, 15) is 0 Å². The molecule has 2 rings (SSSR count). The van der Waals surface area contributed by atoms with Crippen molar-refractivity contribution in [2.45, 2.75) is 58.8 Å². The van der Waals surface area contributed by atoms with Crippen molar-refractivity contribution in [3.8, 4) is 0 Å². The lowest BCUT2D eigenvalue weighted by atomic mass is 9.88. The zero-order valence-corrected chi connectivity index (χ0v) is 9.10. The lowest BCUT2D eigenvalue weighted by molar-refractivity contribution is 0.373. The molecule has 0 spiro atoms. The fraction of sp³-hybridized carbons (Fsp3) is 0.846. The van der Waals surface area contributed by atoms with Crippen LogP contribution in [0.25, 0.3) is 0 Å². The summed E-state index contributed by atoms with van der Waals surface area (Å²) in [6, 6.07) is 0. The summed E-state index contributed by atoms with van der Waals surface area (Å²) in [5.41, 5.74) is 3.62. The summed E-state index contributed by atoms with van der Waals surface area (Å²) >= 11 is 0. The molecule has 0 aromatic rings. The van der Waals surface area contributed by atoms with E-state index < -0.39 is 0 Å². The van der Waals surface area contributed by atoms with E-state index in [1.165, 1.54) is 44.9 Å². The van der Waals surface area contributed by atoms with Gasteiger partial charge in [0.15, 0.2) is 0 Å². The maximum absolute atomic E-state index is 2.37. The van der Waals surface area contributed by atoms with Crippen LogP contribution in [0.1, 0.15) is 58.8 Å². The number of rotatable bonds is 3. The third-order valence-corrected chi connectivity index (χ3v) is 4.02. The van der Waals surface area contributed by atoms with Crippen molar-refractivity contribution in [1.29, 1.82) is 0 Å². The molecule has 2 aliphatic carbocycles. The van der Waals surface area contributed by atoms with E-state index in [2.05, 4.69) is 13.8 Å². The van der Waals surface area contributed by atoms with Gasteiger partial charge in [0.05, 0.1) is 0 Å². The zero-order chi connectivity index (χ0) is 9.26. The van der Waals surface area contributed by atoms with Crippen LogP contribution in [-0.4, -0.2) is 0 Å². The molecule has 0 aromatic heterocycles. The summed E-state index contributed by atoms with van der Waals surface area (Å²) in [6.07, 6.45) is 10.1. The molecule has 2 aliphatic rings. The van der Waals surface area contributed by atoms with Crippen molar-refractivity contribution in [3.63, 3.8) is 0 Å². The second kappa shape index (κ2) is 3.86. The maximum atomic E-state index is 2.37. The van der Waals surface area contributed by atoms with Crippen molar-refractivity contribution < 1.29 is 0 Å². The van der Waals surface area contributed by atoms with E-state index in [-0.39, 0.29) is 0 Å². The summed E-state index contributed by atoms with van der Waals surface area (Å²) in [6.45, 7) is 4.68. The average Bonchev–Trinajstić information content (AvgIpc) is 2.67. The number of hydrogen-bond acceptors (Lipinski definition) is 0. The van der Waals surface area contributed by atoms with Gasteiger partial charge in [0.1, 0.15) is 0 Å². The fourth-order valence-electron chi connectivity index (χ4n) is 3.36. The molecular weight excluding hydrogens is 156 g/mol. The molecule has 2 unspecified atom stereocenters. The monoisotopic (exact) mass is 178 g/mol. The molecule has 0 saturated heterocycles. The van der Waals surface area contributed by atoms with E-state index in [1.807, 2.05) is 5.57 Å². The van der Waals surface area contributed by atoms with Gasteiger partial charge in [0.2, 0.25) is 0 Å². The minimum atomic E-state index is 1.02. The van der Waals surface area contributed by atoms with Crippen LogP contribution in [0, 0.1) is 11.8 Å². The number of allylic oxidation sites excluding steroid dienone is 2. The normalized spacial score (nSPS) is 32.8. The Morgan fingerprint density at radius 2 is 2.23 bits per heavy atom. The first kappa shape index (κ1) is 9.30. The molecule has 0 nitrogen and oxygen atoms in total. The number of unbranched alkanes of at least 4 members (excludes halogenated alkanes) is 1. The minimum Gasteiger partial charge on any atom is -0.0735 e. The molecule has 0 N–H and O–H groups in total. The predicted octanol–water partition coefficient (Wildman–Crippen LogP) is 4.31. The third-order valence-electron chi connectivity index (χ3n) is 4.02. The summed E-state index contributed by atoms with van der Waals surface area (Å²) in [5.74, 6) is 2.06. The van der Waals surface area contributed by atoms with E-state index in [0.29, 0.717) is 0 Å². The topological polar surface area (TPSA) is 0 Å². The highest BCUT2D eigenvalue weighted by Gasteiger charge is 2.34. The zero-order valence-electron chi connectivity index (χ0n) is 9.10. The molecule has 74 valence electrons. The van der Waals surface area contributed by atoms with E-state index >= 15 is 0 Å². The lowest BCUT2D eigenvalue weighted by Gasteiger charge is -2.17. The van der Waals surface area contributed by atoms with E-state index in [0.717, 1.165) is 11.8 Å². The molecule has 0 aromatic carbocycles. The second-order valence-electron chi connectivity index (χ2n) is 4.91. The molecule has 0 amide bonds. The smallest absolute Gasteiger partial charge is 0.0169 e. The highest BCUT2D eigenvalue weighted by molar-refractivity contribution is 5.25. The standard InChI is InChI=1S/C13H22/c1-3-4-6-11-9-10(2)12-7-5-8-13(11)12/h11,13H,3-9H2,1-2H3. The molecule has 0 heterocycles. The Morgan fingerprint density at radius 3 is 3.00 bits per heavy atom. The fourth-order valence-corrected chi connectivity index (χ4v) is 3.36. The maximum Gasteiger partial charge on any atom is -0.0169 e. The first-order valence-electron chi connectivity index (χ1n) is 6.01. The summed E-state index contributed by atoms with van der Waals surface area (Å²) in [5, 5.41) is 0. The van der Waals surface area contributed by atoms with Gasteiger partial charge < -0.3 is 0 Å². The molecule has 13 heavy (non-hydrogen) atoms. The Kier molecular flexibility index (Phi) is 2.76. The van der Waals surface area contributed by atoms with Gasteiger partial charge in [0.25, 0.3) is 0 Å². The highest BCUT2D eigenvalue weighted by atomic mass is 14.4. The number of fused-ring (bicyclic) bond motifs is 1. The van der Waals surface area contributed by atoms with Gasteiger partial charge in [-0.2, -0.15) is 0 Å². The van der Waals surface area contributed by atoms with Crippen molar-refractivity contribution in [2.24, 2.45) is 11.8 Å². The van der Waals surface area contributed by atoms with Gasteiger partial charge in [-0.3, -0.25) is 0 Å². The highest BCUT2D eigenvalue weighted by Crippen LogP contribution is 2.48. The Labute approximate surface area is 82.4 Å². The first-order valence-corrected chi connectivity index (χ1v) is 6.01.